The predicted octanol–water partition coefficient (Wildman–Crippen LogP) is 2.76. The van der Waals surface area contributed by atoms with Crippen LogP contribution in [-0.2, 0) is 0 Å². The highest BCUT2D eigenvalue weighted by Gasteiger charge is 2.09. The molecule has 2 amide bonds. The van der Waals surface area contributed by atoms with E-state index >= 15 is 0 Å². The van der Waals surface area contributed by atoms with Crippen LogP contribution in [0.5, 0.6) is 11.5 Å². The van der Waals surface area contributed by atoms with Crippen molar-refractivity contribution < 1.29 is 18.3 Å². The Bertz CT molecular complexity index is 672. The van der Waals surface area contributed by atoms with Gasteiger partial charge in [0, 0.05) is 0 Å². The van der Waals surface area contributed by atoms with Crippen LogP contribution < -0.4 is 15.9 Å². The zero-order valence-corrected chi connectivity index (χ0v) is 10.7. The van der Waals surface area contributed by atoms with Gasteiger partial charge in [0.2, 0.25) is 5.82 Å². The van der Waals surface area contributed by atoms with Crippen LogP contribution in [0, 0.1) is 11.6 Å². The summed E-state index contributed by atoms with van der Waals surface area (Å²) in [7, 11) is 0. The summed E-state index contributed by atoms with van der Waals surface area (Å²) in [5, 5.41) is 3.58. The number of hydrogen-bond donors (Lipinski definition) is 2. The minimum Gasteiger partial charge on any atom is -0.454 e. The number of nitrogens with two attached hydrogens (primary N) is 1. The minimum atomic E-state index is -1.05. The number of nitrogens with one attached hydrogen (secondary N) is 1. The second-order valence-corrected chi connectivity index (χ2v) is 3.96. The molecule has 0 saturated carbocycles. The summed E-state index contributed by atoms with van der Waals surface area (Å²) in [6.07, 6.45) is 1.37. The van der Waals surface area contributed by atoms with E-state index in [4.69, 9.17) is 10.5 Å². The number of primary amides is 1. The number of amides is 2. The molecule has 2 rings (SSSR count). The van der Waals surface area contributed by atoms with Gasteiger partial charge in [-0.1, -0.05) is 6.07 Å². The van der Waals surface area contributed by atoms with Crippen LogP contribution in [0.1, 0.15) is 5.56 Å². The Balaban J connectivity index is 2.07. The van der Waals surface area contributed by atoms with Crippen molar-refractivity contribution in [3.05, 3.63) is 59.7 Å². The van der Waals surface area contributed by atoms with Gasteiger partial charge in [-0.3, -0.25) is 0 Å². The van der Waals surface area contributed by atoms with Crippen LogP contribution >= 0.6 is 0 Å². The summed E-state index contributed by atoms with van der Waals surface area (Å²) < 4.78 is 31.7. The molecule has 0 aliphatic carbocycles. The standard InChI is InChI=1S/C14H11F2N3O2/c15-11-2-1-3-12(13(11)16)21-10-6-4-9(5-7-10)8-18-19-14(17)20/h1-8H,(H3,17,19,20)/b18-8-. The molecule has 0 atom stereocenters. The number of carbonyl (C=O) groups excluding carboxylic acids is 1. The van der Waals surface area contributed by atoms with E-state index in [1.54, 1.807) is 24.3 Å². The van der Waals surface area contributed by atoms with Crippen molar-refractivity contribution in [1.29, 1.82) is 0 Å². The maximum Gasteiger partial charge on any atom is 0.332 e. The van der Waals surface area contributed by atoms with E-state index < -0.39 is 17.7 Å². The van der Waals surface area contributed by atoms with E-state index in [0.717, 1.165) is 6.07 Å². The Morgan fingerprint density at radius 2 is 1.90 bits per heavy atom. The number of urea groups is 1. The fourth-order valence-electron chi connectivity index (χ4n) is 1.48. The van der Waals surface area contributed by atoms with Crippen molar-refractivity contribution in [3.63, 3.8) is 0 Å². The van der Waals surface area contributed by atoms with Crippen molar-refractivity contribution in [2.24, 2.45) is 10.8 Å². The molecule has 0 bridgehead atoms. The van der Waals surface area contributed by atoms with E-state index in [-0.39, 0.29) is 5.75 Å². The molecule has 0 saturated heterocycles. The summed E-state index contributed by atoms with van der Waals surface area (Å²) in [6, 6.07) is 9.26. The molecule has 3 N–H and O–H groups in total. The molecule has 0 fully saturated rings. The van der Waals surface area contributed by atoms with Gasteiger partial charge in [0.05, 0.1) is 6.21 Å². The quantitative estimate of drug-likeness (QED) is 0.671. The average molecular weight is 291 g/mol. The Hall–Kier alpha value is -2.96. The number of rotatable bonds is 4. The number of hydrazone groups is 1. The zero-order valence-electron chi connectivity index (χ0n) is 10.7. The van der Waals surface area contributed by atoms with Gasteiger partial charge in [0.25, 0.3) is 0 Å². The minimum absolute atomic E-state index is 0.202. The first-order valence-electron chi connectivity index (χ1n) is 5.86. The highest BCUT2D eigenvalue weighted by molar-refractivity contribution is 5.81. The number of halogens is 2. The topological polar surface area (TPSA) is 76.7 Å². The van der Waals surface area contributed by atoms with E-state index in [1.807, 2.05) is 5.43 Å². The molecule has 0 radical (unpaired) electrons. The summed E-state index contributed by atoms with van der Waals surface area (Å²) in [6.45, 7) is 0. The van der Waals surface area contributed by atoms with Crippen LogP contribution in [0.25, 0.3) is 0 Å². The third-order valence-corrected chi connectivity index (χ3v) is 2.41. The van der Waals surface area contributed by atoms with Gasteiger partial charge in [-0.15, -0.1) is 0 Å². The molecule has 108 valence electrons. The van der Waals surface area contributed by atoms with Crippen molar-refractivity contribution in [2.45, 2.75) is 0 Å². The molecule has 2 aromatic rings. The molecule has 21 heavy (non-hydrogen) atoms. The Labute approximate surface area is 119 Å². The third-order valence-electron chi connectivity index (χ3n) is 2.41. The van der Waals surface area contributed by atoms with E-state index in [2.05, 4.69) is 5.10 Å². The van der Waals surface area contributed by atoms with Crippen LogP contribution in [0.2, 0.25) is 0 Å². The highest BCUT2D eigenvalue weighted by atomic mass is 19.2. The maximum atomic E-state index is 13.4. The first-order chi connectivity index (χ1) is 10.1. The van der Waals surface area contributed by atoms with Crippen LogP contribution in [-0.4, -0.2) is 12.2 Å². The molecular weight excluding hydrogens is 280 g/mol. The van der Waals surface area contributed by atoms with Crippen molar-refractivity contribution in [2.75, 3.05) is 0 Å². The number of hydrogen-bond acceptors (Lipinski definition) is 3. The van der Waals surface area contributed by atoms with Gasteiger partial charge in [0.1, 0.15) is 5.75 Å². The van der Waals surface area contributed by atoms with Gasteiger partial charge >= 0.3 is 6.03 Å². The Morgan fingerprint density at radius 3 is 2.57 bits per heavy atom. The van der Waals surface area contributed by atoms with E-state index in [9.17, 15) is 13.6 Å². The van der Waals surface area contributed by atoms with Gasteiger partial charge in [0.15, 0.2) is 11.6 Å². The van der Waals surface area contributed by atoms with Gasteiger partial charge < -0.3 is 10.5 Å². The SMILES string of the molecule is NC(=O)N/N=C\c1ccc(Oc2cccc(F)c2F)cc1. The summed E-state index contributed by atoms with van der Waals surface area (Å²) in [5.41, 5.74) is 7.55. The number of carbonyl (C=O) groups is 1. The molecule has 0 aliphatic heterocycles. The van der Waals surface area contributed by atoms with Crippen LogP contribution in [0.15, 0.2) is 47.6 Å². The lowest BCUT2D eigenvalue weighted by atomic mass is 10.2. The lowest BCUT2D eigenvalue weighted by molar-refractivity contribution is 0.249. The molecule has 0 aromatic heterocycles. The molecule has 2 aromatic carbocycles. The monoisotopic (exact) mass is 291 g/mol. The smallest absolute Gasteiger partial charge is 0.332 e. The molecule has 5 nitrogen and oxygen atoms in total. The number of nitrogens with zero attached hydrogens (tertiary/aromatic N) is 1. The summed E-state index contributed by atoms with van der Waals surface area (Å²) in [5.74, 6) is -1.89. The van der Waals surface area contributed by atoms with Gasteiger partial charge in [-0.25, -0.2) is 14.6 Å². The highest BCUT2D eigenvalue weighted by Crippen LogP contribution is 2.25. The van der Waals surface area contributed by atoms with Crippen LogP contribution in [0.4, 0.5) is 13.6 Å². The third kappa shape index (κ3) is 4.00. The second kappa shape index (κ2) is 6.47. The van der Waals surface area contributed by atoms with Crippen molar-refractivity contribution >= 4 is 12.2 Å². The number of benzene rings is 2. The largest absolute Gasteiger partial charge is 0.454 e. The van der Waals surface area contributed by atoms with E-state index in [0.29, 0.717) is 11.3 Å². The van der Waals surface area contributed by atoms with Gasteiger partial charge in [-0.2, -0.15) is 9.49 Å². The molecule has 0 unspecified atom stereocenters. The molecule has 7 heteroatoms. The van der Waals surface area contributed by atoms with Gasteiger partial charge in [-0.05, 0) is 42.0 Å². The predicted molar refractivity (Wildman–Crippen MR) is 73.2 cm³/mol. The maximum absolute atomic E-state index is 13.4. The number of ether oxygens (including phenoxy) is 1. The first kappa shape index (κ1) is 14.4. The Kier molecular flexibility index (Phi) is 4.45. The van der Waals surface area contributed by atoms with Crippen LogP contribution in [0.3, 0.4) is 0 Å². The first-order valence-corrected chi connectivity index (χ1v) is 5.86. The fourth-order valence-corrected chi connectivity index (χ4v) is 1.48. The average Bonchev–Trinajstić information content (AvgIpc) is 2.45. The summed E-state index contributed by atoms with van der Waals surface area (Å²) in [4.78, 5) is 10.4. The molecular formula is C14H11F2N3O2. The summed E-state index contributed by atoms with van der Waals surface area (Å²) >= 11 is 0. The Morgan fingerprint density at radius 1 is 1.19 bits per heavy atom. The van der Waals surface area contributed by atoms with E-state index in [1.165, 1.54) is 18.3 Å². The molecule has 0 heterocycles. The fraction of sp³-hybridized carbons (Fsp3) is 0. The lowest BCUT2D eigenvalue weighted by Gasteiger charge is -2.07. The second-order valence-electron chi connectivity index (χ2n) is 3.96. The normalized spacial score (nSPS) is 10.6. The van der Waals surface area contributed by atoms with Crippen molar-refractivity contribution in [1.82, 2.24) is 5.43 Å². The van der Waals surface area contributed by atoms with Crippen molar-refractivity contribution in [3.8, 4) is 11.5 Å². The molecule has 0 aliphatic rings. The lowest BCUT2D eigenvalue weighted by Crippen LogP contribution is -2.24. The zero-order chi connectivity index (χ0) is 15.2. The molecule has 0 spiro atoms.